The average Bonchev–Trinajstić information content (AvgIpc) is 3.73. The van der Waals surface area contributed by atoms with Crippen molar-refractivity contribution in [3.05, 3.63) is 176 Å². The van der Waals surface area contributed by atoms with Crippen LogP contribution in [0.5, 0.6) is 0 Å². The zero-order chi connectivity index (χ0) is 36.4. The number of para-hydroxylation sites is 2. The smallest absolute Gasteiger partial charge is 0.235 e. The molecular weight excluding hydrogens is 673 g/mol. The first-order valence-electron chi connectivity index (χ1n) is 18.6. The Labute approximate surface area is 315 Å². The number of nitrogens with zero attached hydrogens (tertiary/aromatic N) is 4. The van der Waals surface area contributed by atoms with Gasteiger partial charge < -0.3 is 4.57 Å². The first-order valence-corrected chi connectivity index (χ1v) is 22.1. The molecule has 10 rings (SSSR count). The van der Waals surface area contributed by atoms with Crippen molar-refractivity contribution in [2.45, 2.75) is 19.6 Å². The predicted octanol–water partition coefficient (Wildman–Crippen LogP) is 12.2. The van der Waals surface area contributed by atoms with E-state index in [0.29, 0.717) is 5.95 Å². The molecule has 10 aromatic rings. The van der Waals surface area contributed by atoms with Crippen molar-refractivity contribution in [2.24, 2.45) is 0 Å². The monoisotopic (exact) mass is 710 g/mol. The van der Waals surface area contributed by atoms with E-state index in [4.69, 9.17) is 9.97 Å². The molecule has 5 heteroatoms. The van der Waals surface area contributed by atoms with Crippen molar-refractivity contribution in [1.82, 2.24) is 19.1 Å². The van der Waals surface area contributed by atoms with Crippen LogP contribution in [0.4, 0.5) is 0 Å². The summed E-state index contributed by atoms with van der Waals surface area (Å²) in [4.78, 5) is 10.4. The minimum atomic E-state index is -1.40. The lowest BCUT2D eigenvalue weighted by Gasteiger charge is -2.17. The molecule has 0 aliphatic carbocycles. The number of rotatable bonds is 6. The van der Waals surface area contributed by atoms with E-state index in [9.17, 15) is 0 Å². The fourth-order valence-corrected chi connectivity index (χ4v) is 9.12. The van der Waals surface area contributed by atoms with Gasteiger partial charge in [-0.05, 0) is 65.7 Å². The second kappa shape index (κ2) is 12.5. The molecule has 0 radical (unpaired) electrons. The van der Waals surface area contributed by atoms with E-state index < -0.39 is 8.07 Å². The number of benzene rings is 7. The molecule has 0 spiro atoms. The van der Waals surface area contributed by atoms with Crippen LogP contribution < -0.4 is 5.19 Å². The second-order valence-electron chi connectivity index (χ2n) is 15.1. The van der Waals surface area contributed by atoms with Gasteiger partial charge in [0.25, 0.3) is 0 Å². The SMILES string of the molecule is C[Si](C)(C)c1ccc(-n2c3ccccc3c3cc(-c4ccc5c(c4)c4ccccc4n5-c4nc(-c5ccccc5)cc(-c5ccccc5)n4)ccc32)cc1. The number of fused-ring (bicyclic) bond motifs is 6. The minimum Gasteiger partial charge on any atom is -0.309 e. The van der Waals surface area contributed by atoms with Gasteiger partial charge >= 0.3 is 0 Å². The summed E-state index contributed by atoms with van der Waals surface area (Å²) in [5.74, 6) is 0.654. The Kier molecular flexibility index (Phi) is 7.46. The maximum absolute atomic E-state index is 5.21. The van der Waals surface area contributed by atoms with E-state index in [0.717, 1.165) is 33.5 Å². The summed E-state index contributed by atoms with van der Waals surface area (Å²) in [6, 6.07) is 63.2. The molecule has 4 nitrogen and oxygen atoms in total. The standard InChI is InChI=1S/C49H38N4Si/c1-54(2,3)38-26-24-37(25-27-38)52-45-20-12-10-18-39(45)41-30-35(22-28-47(41)52)36-23-29-48-42(31-36)40-19-11-13-21-46(40)53(48)49-50-43(33-14-6-4-7-15-33)32-44(51-49)34-16-8-5-9-17-34/h4-32H,1-3H3. The third-order valence-electron chi connectivity index (χ3n) is 10.7. The molecule has 0 amide bonds. The van der Waals surface area contributed by atoms with Crippen LogP contribution in [-0.4, -0.2) is 27.2 Å². The molecule has 0 unspecified atom stereocenters. The Morgan fingerprint density at radius 3 is 1.33 bits per heavy atom. The van der Waals surface area contributed by atoms with Gasteiger partial charge in [0.2, 0.25) is 5.95 Å². The van der Waals surface area contributed by atoms with Gasteiger partial charge in [0.05, 0.1) is 41.5 Å². The normalized spacial score (nSPS) is 12.0. The summed E-state index contributed by atoms with van der Waals surface area (Å²) in [6.07, 6.45) is 0. The van der Waals surface area contributed by atoms with Crippen LogP contribution in [0.25, 0.3) is 88.9 Å². The summed E-state index contributed by atoms with van der Waals surface area (Å²) in [7, 11) is -1.40. The molecule has 7 aromatic carbocycles. The van der Waals surface area contributed by atoms with Crippen LogP contribution in [-0.2, 0) is 0 Å². The number of hydrogen-bond acceptors (Lipinski definition) is 2. The van der Waals surface area contributed by atoms with Crippen LogP contribution in [0.1, 0.15) is 0 Å². The highest BCUT2D eigenvalue weighted by Gasteiger charge is 2.20. The summed E-state index contributed by atoms with van der Waals surface area (Å²) in [5.41, 5.74) is 12.0. The number of hydrogen-bond donors (Lipinski definition) is 0. The molecule has 0 bridgehead atoms. The largest absolute Gasteiger partial charge is 0.309 e. The Hall–Kier alpha value is -6.56. The first kappa shape index (κ1) is 32.1. The van der Waals surface area contributed by atoms with Gasteiger partial charge in [-0.3, -0.25) is 4.57 Å². The summed E-state index contributed by atoms with van der Waals surface area (Å²) < 4.78 is 4.63. The van der Waals surface area contributed by atoms with Crippen LogP contribution in [0.3, 0.4) is 0 Å². The van der Waals surface area contributed by atoms with E-state index >= 15 is 0 Å². The zero-order valence-electron chi connectivity index (χ0n) is 30.5. The Morgan fingerprint density at radius 1 is 0.370 bits per heavy atom. The molecule has 3 aromatic heterocycles. The summed E-state index contributed by atoms with van der Waals surface area (Å²) in [6.45, 7) is 7.20. The highest BCUT2D eigenvalue weighted by molar-refractivity contribution is 6.88. The maximum Gasteiger partial charge on any atom is 0.235 e. The van der Waals surface area contributed by atoms with Crippen molar-refractivity contribution >= 4 is 56.9 Å². The van der Waals surface area contributed by atoms with E-state index in [2.05, 4.69) is 193 Å². The minimum absolute atomic E-state index is 0.654. The molecule has 0 aliphatic heterocycles. The lowest BCUT2D eigenvalue weighted by molar-refractivity contribution is 0.995. The van der Waals surface area contributed by atoms with Crippen molar-refractivity contribution in [1.29, 1.82) is 0 Å². The number of aromatic nitrogens is 4. The summed E-state index contributed by atoms with van der Waals surface area (Å²) in [5, 5.41) is 6.32. The fraction of sp³-hybridized carbons (Fsp3) is 0.0612. The van der Waals surface area contributed by atoms with Gasteiger partial charge in [-0.25, -0.2) is 9.97 Å². The van der Waals surface area contributed by atoms with Crippen LogP contribution >= 0.6 is 0 Å². The molecule has 3 heterocycles. The fourth-order valence-electron chi connectivity index (χ4n) is 7.96. The molecule has 0 atom stereocenters. The van der Waals surface area contributed by atoms with Gasteiger partial charge in [-0.15, -0.1) is 0 Å². The first-order chi connectivity index (χ1) is 26.4. The van der Waals surface area contributed by atoms with Crippen molar-refractivity contribution in [2.75, 3.05) is 0 Å². The second-order valence-corrected chi connectivity index (χ2v) is 20.2. The molecule has 0 saturated carbocycles. The third kappa shape index (κ3) is 5.36. The zero-order valence-corrected chi connectivity index (χ0v) is 31.5. The average molecular weight is 711 g/mol. The van der Waals surface area contributed by atoms with Crippen molar-refractivity contribution in [3.63, 3.8) is 0 Å². The van der Waals surface area contributed by atoms with E-state index in [1.807, 2.05) is 12.1 Å². The Bertz CT molecular complexity index is 2950. The summed E-state index contributed by atoms with van der Waals surface area (Å²) >= 11 is 0. The van der Waals surface area contributed by atoms with Gasteiger partial charge in [0.1, 0.15) is 0 Å². The van der Waals surface area contributed by atoms with E-state index in [1.165, 1.54) is 54.6 Å². The van der Waals surface area contributed by atoms with Gasteiger partial charge in [-0.1, -0.05) is 146 Å². The highest BCUT2D eigenvalue weighted by atomic mass is 28.3. The van der Waals surface area contributed by atoms with Crippen LogP contribution in [0.2, 0.25) is 19.6 Å². The van der Waals surface area contributed by atoms with Crippen LogP contribution in [0.15, 0.2) is 176 Å². The highest BCUT2D eigenvalue weighted by Crippen LogP contribution is 2.38. The van der Waals surface area contributed by atoms with Gasteiger partial charge in [0.15, 0.2) is 0 Å². The third-order valence-corrected chi connectivity index (χ3v) is 12.8. The van der Waals surface area contributed by atoms with Crippen molar-refractivity contribution in [3.8, 4) is 45.3 Å². The Morgan fingerprint density at radius 2 is 0.815 bits per heavy atom. The maximum atomic E-state index is 5.21. The van der Waals surface area contributed by atoms with Gasteiger partial charge in [-0.2, -0.15) is 0 Å². The molecule has 0 fully saturated rings. The molecular formula is C49H38N4Si. The molecule has 0 N–H and O–H groups in total. The Balaban J connectivity index is 1.14. The quantitative estimate of drug-likeness (QED) is 0.161. The van der Waals surface area contributed by atoms with E-state index in [1.54, 1.807) is 0 Å². The van der Waals surface area contributed by atoms with E-state index in [-0.39, 0.29) is 0 Å². The lowest BCUT2D eigenvalue weighted by atomic mass is 10.0. The van der Waals surface area contributed by atoms with Gasteiger partial charge in [0, 0.05) is 38.4 Å². The lowest BCUT2D eigenvalue weighted by Crippen LogP contribution is -2.37. The molecule has 258 valence electrons. The topological polar surface area (TPSA) is 35.6 Å². The predicted molar refractivity (Wildman–Crippen MR) is 230 cm³/mol. The molecule has 0 aliphatic rings. The molecule has 54 heavy (non-hydrogen) atoms. The molecule has 0 saturated heterocycles. The van der Waals surface area contributed by atoms with Crippen molar-refractivity contribution < 1.29 is 0 Å². The van der Waals surface area contributed by atoms with Crippen LogP contribution in [0, 0.1) is 0 Å².